The fraction of sp³-hybridized carbons (Fsp3) is 0.818. The maximum absolute atomic E-state index is 5.31. The summed E-state index contributed by atoms with van der Waals surface area (Å²) in [6, 6.07) is 0. The Kier molecular flexibility index (Phi) is 3.37. The van der Waals surface area contributed by atoms with Gasteiger partial charge in [-0.25, -0.2) is 0 Å². The summed E-state index contributed by atoms with van der Waals surface area (Å²) in [4.78, 5) is 2.40. The van der Waals surface area contributed by atoms with Crippen molar-refractivity contribution in [3.05, 3.63) is 11.8 Å². The molecular formula is C11H21NO. The molecular weight excluding hydrogens is 162 g/mol. The minimum Gasteiger partial charge on any atom is -0.378 e. The lowest BCUT2D eigenvalue weighted by Crippen LogP contribution is -2.35. The maximum atomic E-state index is 5.31. The van der Waals surface area contributed by atoms with Gasteiger partial charge in [0.05, 0.1) is 13.2 Å². The quantitative estimate of drug-likeness (QED) is 0.618. The average molecular weight is 183 g/mol. The Morgan fingerprint density at radius 2 is 1.77 bits per heavy atom. The topological polar surface area (TPSA) is 12.5 Å². The highest BCUT2D eigenvalue weighted by Gasteiger charge is 2.13. The Morgan fingerprint density at radius 1 is 1.23 bits per heavy atom. The summed E-state index contributed by atoms with van der Waals surface area (Å²) >= 11 is 0. The van der Waals surface area contributed by atoms with Gasteiger partial charge >= 0.3 is 0 Å². The minimum atomic E-state index is 0.280. The second kappa shape index (κ2) is 4.14. The fourth-order valence-corrected chi connectivity index (χ4v) is 1.63. The van der Waals surface area contributed by atoms with Crippen molar-refractivity contribution in [2.75, 3.05) is 26.3 Å². The second-order valence-corrected chi connectivity index (χ2v) is 4.75. The van der Waals surface area contributed by atoms with Gasteiger partial charge in [0.2, 0.25) is 0 Å². The predicted octanol–water partition coefficient (Wildman–Crippen LogP) is 2.27. The summed E-state index contributed by atoms with van der Waals surface area (Å²) < 4.78 is 5.31. The Morgan fingerprint density at radius 3 is 2.23 bits per heavy atom. The number of nitrogens with zero attached hydrogens (tertiary/aromatic N) is 1. The van der Waals surface area contributed by atoms with Gasteiger partial charge in [-0.1, -0.05) is 26.8 Å². The van der Waals surface area contributed by atoms with Gasteiger partial charge in [-0.2, -0.15) is 0 Å². The highest BCUT2D eigenvalue weighted by molar-refractivity contribution is 5.03. The van der Waals surface area contributed by atoms with Crippen molar-refractivity contribution in [2.24, 2.45) is 5.41 Å². The molecule has 1 fully saturated rings. The summed E-state index contributed by atoms with van der Waals surface area (Å²) in [5, 5.41) is 0. The summed E-state index contributed by atoms with van der Waals surface area (Å²) in [7, 11) is 0. The number of morpholine rings is 1. The minimum absolute atomic E-state index is 0.280. The largest absolute Gasteiger partial charge is 0.378 e. The van der Waals surface area contributed by atoms with Gasteiger partial charge in [-0.3, -0.25) is 0 Å². The van der Waals surface area contributed by atoms with Crippen LogP contribution in [-0.4, -0.2) is 31.2 Å². The van der Waals surface area contributed by atoms with Crippen LogP contribution >= 0.6 is 0 Å². The van der Waals surface area contributed by atoms with Crippen molar-refractivity contribution >= 4 is 0 Å². The molecule has 1 rings (SSSR count). The van der Waals surface area contributed by atoms with Crippen molar-refractivity contribution in [1.29, 1.82) is 0 Å². The first-order valence-electron chi connectivity index (χ1n) is 5.01. The van der Waals surface area contributed by atoms with Gasteiger partial charge in [-0.05, 0) is 12.3 Å². The lowest BCUT2D eigenvalue weighted by molar-refractivity contribution is 0.0532. The molecule has 13 heavy (non-hydrogen) atoms. The van der Waals surface area contributed by atoms with Crippen LogP contribution in [0.15, 0.2) is 11.8 Å². The molecule has 1 aliphatic rings. The molecule has 0 amide bonds. The van der Waals surface area contributed by atoms with Crippen LogP contribution in [-0.2, 0) is 4.74 Å². The number of hydrogen-bond donors (Lipinski definition) is 0. The first-order valence-corrected chi connectivity index (χ1v) is 5.01. The third-order valence-corrected chi connectivity index (χ3v) is 2.15. The van der Waals surface area contributed by atoms with E-state index in [4.69, 9.17) is 4.74 Å². The van der Waals surface area contributed by atoms with E-state index < -0.39 is 0 Å². The van der Waals surface area contributed by atoms with Gasteiger partial charge in [0.1, 0.15) is 0 Å². The molecule has 76 valence electrons. The predicted molar refractivity (Wildman–Crippen MR) is 55.6 cm³/mol. The molecule has 1 heterocycles. The molecule has 0 bridgehead atoms. The summed E-state index contributed by atoms with van der Waals surface area (Å²) in [5.41, 5.74) is 1.67. The zero-order chi connectivity index (χ0) is 9.90. The fourth-order valence-electron chi connectivity index (χ4n) is 1.63. The maximum Gasteiger partial charge on any atom is 0.0642 e. The van der Waals surface area contributed by atoms with Crippen LogP contribution in [0.4, 0.5) is 0 Å². The van der Waals surface area contributed by atoms with Crippen LogP contribution in [0.1, 0.15) is 27.7 Å². The Bertz CT molecular complexity index is 185. The molecule has 1 aliphatic heterocycles. The zero-order valence-corrected chi connectivity index (χ0v) is 9.26. The molecule has 0 unspecified atom stereocenters. The number of ether oxygens (including phenoxy) is 1. The van der Waals surface area contributed by atoms with E-state index in [2.05, 4.69) is 38.7 Å². The smallest absolute Gasteiger partial charge is 0.0642 e. The Labute approximate surface area is 81.6 Å². The van der Waals surface area contributed by atoms with Crippen molar-refractivity contribution in [2.45, 2.75) is 27.7 Å². The summed E-state index contributed by atoms with van der Waals surface area (Å²) in [6.45, 7) is 12.7. The Balaban J connectivity index is 2.54. The molecule has 0 radical (unpaired) electrons. The summed E-state index contributed by atoms with van der Waals surface area (Å²) in [5.74, 6) is 0. The van der Waals surface area contributed by atoms with E-state index in [9.17, 15) is 0 Å². The van der Waals surface area contributed by atoms with Gasteiger partial charge in [-0.15, -0.1) is 0 Å². The molecule has 0 aromatic carbocycles. The highest BCUT2D eigenvalue weighted by Crippen LogP contribution is 2.19. The monoisotopic (exact) mass is 183 g/mol. The van der Waals surface area contributed by atoms with Crippen molar-refractivity contribution in [1.82, 2.24) is 4.90 Å². The first kappa shape index (κ1) is 10.6. The van der Waals surface area contributed by atoms with E-state index in [0.29, 0.717) is 0 Å². The van der Waals surface area contributed by atoms with Crippen LogP contribution in [0.3, 0.4) is 0 Å². The van der Waals surface area contributed by atoms with E-state index in [1.165, 1.54) is 5.70 Å². The second-order valence-electron chi connectivity index (χ2n) is 4.75. The average Bonchev–Trinajstić information content (AvgIpc) is 2.03. The summed E-state index contributed by atoms with van der Waals surface area (Å²) in [6.07, 6.45) is 2.33. The zero-order valence-electron chi connectivity index (χ0n) is 9.26. The molecule has 2 heteroatoms. The van der Waals surface area contributed by atoms with Gasteiger partial charge < -0.3 is 9.64 Å². The third-order valence-electron chi connectivity index (χ3n) is 2.15. The van der Waals surface area contributed by atoms with Crippen LogP contribution in [0.5, 0.6) is 0 Å². The van der Waals surface area contributed by atoms with Crippen LogP contribution < -0.4 is 0 Å². The molecule has 0 N–H and O–H groups in total. The molecule has 0 aromatic heterocycles. The molecule has 0 saturated carbocycles. The van der Waals surface area contributed by atoms with Crippen LogP contribution in [0.2, 0.25) is 0 Å². The normalized spacial score (nSPS) is 20.6. The molecule has 0 spiro atoms. The van der Waals surface area contributed by atoms with Crippen LogP contribution in [0.25, 0.3) is 0 Å². The first-order chi connectivity index (χ1) is 5.99. The number of hydrogen-bond acceptors (Lipinski definition) is 2. The molecule has 2 nitrogen and oxygen atoms in total. The van der Waals surface area contributed by atoms with E-state index in [0.717, 1.165) is 26.3 Å². The van der Waals surface area contributed by atoms with Crippen molar-refractivity contribution in [3.8, 4) is 0 Å². The van der Waals surface area contributed by atoms with Gasteiger partial charge in [0.25, 0.3) is 0 Å². The van der Waals surface area contributed by atoms with E-state index in [1.54, 1.807) is 0 Å². The van der Waals surface area contributed by atoms with Crippen LogP contribution in [0, 0.1) is 5.41 Å². The molecule has 1 saturated heterocycles. The standard InChI is InChI=1S/C11H21NO/c1-10(9-11(2,3)4)12-5-7-13-8-6-12/h9H,5-8H2,1-4H3/b10-9+. The third kappa shape index (κ3) is 3.81. The lowest BCUT2D eigenvalue weighted by atomic mass is 9.95. The SMILES string of the molecule is C/C(=C\C(C)(C)C)N1CCOCC1. The highest BCUT2D eigenvalue weighted by atomic mass is 16.5. The molecule has 0 aliphatic carbocycles. The Hall–Kier alpha value is -0.500. The van der Waals surface area contributed by atoms with E-state index >= 15 is 0 Å². The van der Waals surface area contributed by atoms with Gasteiger partial charge in [0.15, 0.2) is 0 Å². The molecule has 0 atom stereocenters. The lowest BCUT2D eigenvalue weighted by Gasteiger charge is -2.31. The van der Waals surface area contributed by atoms with E-state index in [1.807, 2.05) is 0 Å². The molecule has 0 aromatic rings. The van der Waals surface area contributed by atoms with Crippen molar-refractivity contribution < 1.29 is 4.74 Å². The number of allylic oxidation sites excluding steroid dienone is 2. The van der Waals surface area contributed by atoms with Gasteiger partial charge in [0, 0.05) is 18.8 Å². The number of rotatable bonds is 1. The van der Waals surface area contributed by atoms with Crippen molar-refractivity contribution in [3.63, 3.8) is 0 Å². The van der Waals surface area contributed by atoms with E-state index in [-0.39, 0.29) is 5.41 Å².